The average Bonchev–Trinajstić information content (AvgIpc) is 3.40. The van der Waals surface area contributed by atoms with Gasteiger partial charge >= 0.3 is 0 Å². The molecule has 0 radical (unpaired) electrons. The topological polar surface area (TPSA) is 78.0 Å². The van der Waals surface area contributed by atoms with E-state index in [-0.39, 0.29) is 19.1 Å². The lowest BCUT2D eigenvalue weighted by molar-refractivity contribution is -0.133. The highest BCUT2D eigenvalue weighted by Gasteiger charge is 2.21. The van der Waals surface area contributed by atoms with Gasteiger partial charge in [-0.3, -0.25) is 9.69 Å². The predicted octanol–water partition coefficient (Wildman–Crippen LogP) is 5.31. The zero-order valence-corrected chi connectivity index (χ0v) is 24.4. The first kappa shape index (κ1) is 30.8. The molecule has 4 rings (SSSR count). The number of ether oxygens (including phenoxy) is 2. The van der Waals surface area contributed by atoms with Gasteiger partial charge in [-0.1, -0.05) is 72.3 Å². The van der Waals surface area contributed by atoms with Gasteiger partial charge in [0.2, 0.25) is 5.91 Å². The number of carbonyl (C=O) groups excluding carboxylic acids is 1. The van der Waals surface area contributed by atoms with Gasteiger partial charge in [0, 0.05) is 62.0 Å². The summed E-state index contributed by atoms with van der Waals surface area (Å²) in [5.74, 6) is 0.00890. The number of aromatic nitrogens is 1. The van der Waals surface area contributed by atoms with Crippen molar-refractivity contribution in [3.8, 4) is 0 Å². The fraction of sp³-hybridized carbons (Fsp3) is 0.364. The number of amides is 1. The molecule has 1 atom stereocenters. The Morgan fingerprint density at radius 1 is 0.976 bits per heavy atom. The van der Waals surface area contributed by atoms with Gasteiger partial charge in [0.1, 0.15) is 0 Å². The quantitative estimate of drug-likeness (QED) is 0.166. The van der Waals surface area contributed by atoms with E-state index in [9.17, 15) is 9.90 Å². The molecule has 0 aliphatic heterocycles. The normalized spacial score (nSPS) is 12.2. The van der Waals surface area contributed by atoms with E-state index in [1.165, 1.54) is 10.9 Å². The van der Waals surface area contributed by atoms with Crippen molar-refractivity contribution in [2.45, 2.75) is 32.1 Å². The van der Waals surface area contributed by atoms with Gasteiger partial charge in [-0.05, 0) is 47.7 Å². The monoisotopic (exact) mass is 577 g/mol. The Hall–Kier alpha value is -3.20. The van der Waals surface area contributed by atoms with Crippen molar-refractivity contribution in [1.29, 1.82) is 0 Å². The second-order valence-corrected chi connectivity index (χ2v) is 10.7. The SMILES string of the molecule is COCCCN(CC(=O)N(CCc1c[nH]c2ccccc12)Cc1ccc(Cl)cc1)CC(O)COCc1ccccc1. The molecular formula is C33H40ClN3O4. The smallest absolute Gasteiger partial charge is 0.237 e. The minimum Gasteiger partial charge on any atom is -0.389 e. The Balaban J connectivity index is 1.40. The highest BCUT2D eigenvalue weighted by atomic mass is 35.5. The van der Waals surface area contributed by atoms with E-state index in [0.717, 1.165) is 29.5 Å². The number of nitrogens with zero attached hydrogens (tertiary/aromatic N) is 2. The molecule has 1 aromatic heterocycles. The molecule has 0 bridgehead atoms. The van der Waals surface area contributed by atoms with E-state index < -0.39 is 6.10 Å². The van der Waals surface area contributed by atoms with E-state index in [4.69, 9.17) is 21.1 Å². The van der Waals surface area contributed by atoms with Crippen molar-refractivity contribution in [3.63, 3.8) is 0 Å². The second kappa shape index (κ2) is 16.3. The van der Waals surface area contributed by atoms with Gasteiger partial charge in [-0.15, -0.1) is 0 Å². The zero-order valence-electron chi connectivity index (χ0n) is 23.7. The average molecular weight is 578 g/mol. The zero-order chi connectivity index (χ0) is 28.9. The third kappa shape index (κ3) is 9.99. The number of rotatable bonds is 17. The minimum atomic E-state index is -0.718. The number of fused-ring (bicyclic) bond motifs is 1. The van der Waals surface area contributed by atoms with Crippen LogP contribution >= 0.6 is 11.6 Å². The summed E-state index contributed by atoms with van der Waals surface area (Å²) in [4.78, 5) is 21.0. The Bertz CT molecular complexity index is 1330. The van der Waals surface area contributed by atoms with E-state index in [0.29, 0.717) is 44.4 Å². The molecule has 1 heterocycles. The van der Waals surface area contributed by atoms with Gasteiger partial charge in [0.15, 0.2) is 0 Å². The number of H-pyrrole nitrogens is 1. The number of benzene rings is 3. The number of hydrogen-bond donors (Lipinski definition) is 2. The van der Waals surface area contributed by atoms with E-state index >= 15 is 0 Å². The summed E-state index contributed by atoms with van der Waals surface area (Å²) in [5.41, 5.74) is 4.34. The molecule has 4 aromatic rings. The Morgan fingerprint density at radius 2 is 1.73 bits per heavy atom. The molecule has 0 saturated carbocycles. The van der Waals surface area contributed by atoms with E-state index in [2.05, 4.69) is 17.1 Å². The molecule has 0 fully saturated rings. The lowest BCUT2D eigenvalue weighted by atomic mass is 10.1. The Kier molecular flexibility index (Phi) is 12.2. The summed E-state index contributed by atoms with van der Waals surface area (Å²) < 4.78 is 11.0. The molecule has 7 nitrogen and oxygen atoms in total. The van der Waals surface area contributed by atoms with Crippen LogP contribution in [-0.2, 0) is 33.8 Å². The minimum absolute atomic E-state index is 0.00890. The standard InChI is InChI=1S/C33H40ClN3O4/c1-40-19-7-17-36(22-30(38)25-41-24-27-8-3-2-4-9-27)23-33(39)37(21-26-12-14-29(34)15-13-26)18-16-28-20-35-32-11-6-5-10-31(28)32/h2-6,8-15,20,30,35,38H,7,16-19,21-25H2,1H3. The molecule has 1 amide bonds. The summed E-state index contributed by atoms with van der Waals surface area (Å²) in [5, 5.41) is 12.6. The van der Waals surface area contributed by atoms with Gasteiger partial charge in [0.05, 0.1) is 25.9 Å². The number of aliphatic hydroxyl groups excluding tert-OH is 1. The summed E-state index contributed by atoms with van der Waals surface area (Å²) >= 11 is 6.11. The summed E-state index contributed by atoms with van der Waals surface area (Å²) in [6.45, 7) is 3.42. The van der Waals surface area contributed by atoms with Crippen LogP contribution in [0.15, 0.2) is 85.1 Å². The maximum Gasteiger partial charge on any atom is 0.237 e. The number of aliphatic hydroxyl groups is 1. The number of nitrogens with one attached hydrogen (secondary N) is 1. The van der Waals surface area contributed by atoms with Crippen LogP contribution in [0.25, 0.3) is 10.9 Å². The molecule has 2 N–H and O–H groups in total. The first-order chi connectivity index (χ1) is 20.0. The summed E-state index contributed by atoms with van der Waals surface area (Å²) in [6, 6.07) is 25.7. The first-order valence-corrected chi connectivity index (χ1v) is 14.5. The molecule has 3 aromatic carbocycles. The van der Waals surface area contributed by atoms with E-state index in [1.54, 1.807) is 7.11 Å². The molecule has 218 valence electrons. The van der Waals surface area contributed by atoms with Crippen LogP contribution in [0.3, 0.4) is 0 Å². The predicted molar refractivity (Wildman–Crippen MR) is 164 cm³/mol. The highest BCUT2D eigenvalue weighted by Crippen LogP contribution is 2.19. The van der Waals surface area contributed by atoms with Crippen molar-refractivity contribution < 1.29 is 19.4 Å². The van der Waals surface area contributed by atoms with E-state index in [1.807, 2.05) is 82.7 Å². The van der Waals surface area contributed by atoms with Crippen LogP contribution in [0, 0.1) is 0 Å². The van der Waals surface area contributed by atoms with Crippen LogP contribution in [-0.4, -0.2) is 78.4 Å². The van der Waals surface area contributed by atoms with Crippen LogP contribution in [0.4, 0.5) is 0 Å². The van der Waals surface area contributed by atoms with Gasteiger partial charge in [-0.25, -0.2) is 0 Å². The summed E-state index contributed by atoms with van der Waals surface area (Å²) in [7, 11) is 1.67. The molecule has 1 unspecified atom stereocenters. The lowest BCUT2D eigenvalue weighted by Crippen LogP contribution is -2.44. The fourth-order valence-electron chi connectivity index (χ4n) is 4.89. The van der Waals surface area contributed by atoms with Crippen LogP contribution in [0.1, 0.15) is 23.1 Å². The van der Waals surface area contributed by atoms with Crippen molar-refractivity contribution >= 4 is 28.4 Å². The Morgan fingerprint density at radius 3 is 2.51 bits per heavy atom. The number of para-hydroxylation sites is 1. The molecule has 41 heavy (non-hydrogen) atoms. The number of methoxy groups -OCH3 is 1. The van der Waals surface area contributed by atoms with Crippen LogP contribution < -0.4 is 0 Å². The van der Waals surface area contributed by atoms with Gasteiger partial charge in [-0.2, -0.15) is 0 Å². The molecule has 0 spiro atoms. The number of carbonyl (C=O) groups is 1. The fourth-order valence-corrected chi connectivity index (χ4v) is 5.02. The maximum atomic E-state index is 13.8. The maximum absolute atomic E-state index is 13.8. The lowest BCUT2D eigenvalue weighted by Gasteiger charge is -2.29. The molecular weight excluding hydrogens is 538 g/mol. The van der Waals surface area contributed by atoms with Crippen molar-refractivity contribution in [3.05, 3.63) is 107 Å². The van der Waals surface area contributed by atoms with Crippen molar-refractivity contribution in [2.24, 2.45) is 0 Å². The third-order valence-corrected chi connectivity index (χ3v) is 7.29. The number of aromatic amines is 1. The van der Waals surface area contributed by atoms with Crippen LogP contribution in [0.5, 0.6) is 0 Å². The third-order valence-electron chi connectivity index (χ3n) is 7.04. The Labute approximate surface area is 247 Å². The second-order valence-electron chi connectivity index (χ2n) is 10.3. The molecule has 0 saturated heterocycles. The van der Waals surface area contributed by atoms with Gasteiger partial charge < -0.3 is 24.5 Å². The largest absolute Gasteiger partial charge is 0.389 e. The van der Waals surface area contributed by atoms with Crippen LogP contribution in [0.2, 0.25) is 5.02 Å². The summed E-state index contributed by atoms with van der Waals surface area (Å²) in [6.07, 6.45) is 2.79. The number of halogens is 1. The number of hydrogen-bond acceptors (Lipinski definition) is 5. The molecule has 0 aliphatic carbocycles. The first-order valence-electron chi connectivity index (χ1n) is 14.1. The van der Waals surface area contributed by atoms with Gasteiger partial charge in [0.25, 0.3) is 0 Å². The van der Waals surface area contributed by atoms with Crippen molar-refractivity contribution in [2.75, 3.05) is 46.5 Å². The molecule has 0 aliphatic rings. The van der Waals surface area contributed by atoms with Crippen molar-refractivity contribution in [1.82, 2.24) is 14.8 Å². The molecule has 8 heteroatoms. The highest BCUT2D eigenvalue weighted by molar-refractivity contribution is 6.30.